The first kappa shape index (κ1) is 17.5. The van der Waals surface area contributed by atoms with Crippen LogP contribution in [-0.4, -0.2) is 13.1 Å². The zero-order valence-electron chi connectivity index (χ0n) is 12.7. The van der Waals surface area contributed by atoms with Crippen molar-refractivity contribution >= 4 is 17.3 Å². The van der Waals surface area contributed by atoms with Gasteiger partial charge in [0.05, 0.1) is 13.2 Å². The van der Waals surface area contributed by atoms with E-state index in [4.69, 9.17) is 5.53 Å². The number of unbranched alkanes of at least 4 members (excludes halogenated alkanes) is 2. The molecule has 0 aromatic carbocycles. The van der Waals surface area contributed by atoms with Crippen LogP contribution < -0.4 is 0 Å². The number of carbonyl (C=O) groups excluding carboxylic acids is 1. The van der Waals surface area contributed by atoms with Crippen LogP contribution in [0.2, 0.25) is 0 Å². The second-order valence-corrected chi connectivity index (χ2v) is 6.15. The van der Waals surface area contributed by atoms with Gasteiger partial charge in [-0.15, -0.1) is 11.3 Å². The van der Waals surface area contributed by atoms with Crippen molar-refractivity contribution in [1.82, 2.24) is 0 Å². The Balaban J connectivity index is 2.53. The fraction of sp³-hybridized carbons (Fsp3) is 0.667. The van der Waals surface area contributed by atoms with E-state index in [1.165, 1.54) is 12.0 Å². The fourth-order valence-corrected chi connectivity index (χ4v) is 3.25. The number of nitrogens with zero attached hydrogens (tertiary/aromatic N) is 3. The number of carbonyl (C=O) groups is 1. The Labute approximate surface area is 129 Å². The summed E-state index contributed by atoms with van der Waals surface area (Å²) < 4.78 is 4.63. The predicted molar refractivity (Wildman–Crippen MR) is 85.3 cm³/mol. The van der Waals surface area contributed by atoms with Crippen LogP contribution in [0, 0.1) is 0 Å². The Hall–Kier alpha value is -1.52. The Kier molecular flexibility index (Phi) is 8.55. The van der Waals surface area contributed by atoms with E-state index in [0.717, 1.165) is 43.4 Å². The number of methoxy groups -OCH3 is 1. The molecule has 0 aliphatic carbocycles. The van der Waals surface area contributed by atoms with Gasteiger partial charge in [-0.05, 0) is 36.9 Å². The number of thiophene rings is 1. The number of aryl methyl sites for hydroxylation is 1. The summed E-state index contributed by atoms with van der Waals surface area (Å²) >= 11 is 1.68. The van der Waals surface area contributed by atoms with Gasteiger partial charge < -0.3 is 4.74 Å². The van der Waals surface area contributed by atoms with Crippen LogP contribution in [-0.2, 0) is 16.0 Å². The van der Waals surface area contributed by atoms with E-state index < -0.39 is 0 Å². The maximum atomic E-state index is 11.1. The molecule has 0 aliphatic heterocycles. The van der Waals surface area contributed by atoms with Gasteiger partial charge in [0.25, 0.3) is 0 Å². The van der Waals surface area contributed by atoms with Crippen molar-refractivity contribution in [2.75, 3.05) is 7.11 Å². The van der Waals surface area contributed by atoms with E-state index in [1.54, 1.807) is 11.3 Å². The molecule has 21 heavy (non-hydrogen) atoms. The quantitative estimate of drug-likeness (QED) is 0.196. The Morgan fingerprint density at radius 2 is 2.24 bits per heavy atom. The minimum absolute atomic E-state index is 0.0547. The molecular weight excluding hydrogens is 286 g/mol. The van der Waals surface area contributed by atoms with Crippen LogP contribution in [0.25, 0.3) is 10.4 Å². The first-order chi connectivity index (χ1) is 10.2. The van der Waals surface area contributed by atoms with Crippen LogP contribution in [0.5, 0.6) is 0 Å². The van der Waals surface area contributed by atoms with Gasteiger partial charge >= 0.3 is 5.97 Å². The Morgan fingerprint density at radius 3 is 2.90 bits per heavy atom. The summed E-state index contributed by atoms with van der Waals surface area (Å²) in [5, 5.41) is 3.92. The van der Waals surface area contributed by atoms with E-state index in [-0.39, 0.29) is 12.0 Å². The van der Waals surface area contributed by atoms with Gasteiger partial charge in [-0.1, -0.05) is 31.3 Å². The lowest BCUT2D eigenvalue weighted by molar-refractivity contribution is -0.140. The molecule has 0 spiro atoms. The van der Waals surface area contributed by atoms with Gasteiger partial charge in [-0.25, -0.2) is 0 Å². The smallest absolute Gasteiger partial charge is 0.305 e. The maximum absolute atomic E-state index is 11.1. The number of hydrogen-bond donors (Lipinski definition) is 0. The third-order valence-corrected chi connectivity index (χ3v) is 4.56. The largest absolute Gasteiger partial charge is 0.469 e. The normalized spacial score (nSPS) is 11.7. The second kappa shape index (κ2) is 10.2. The first-order valence-corrected chi connectivity index (χ1v) is 8.22. The highest BCUT2D eigenvalue weighted by Gasteiger charge is 2.12. The molecule has 5 nitrogen and oxygen atoms in total. The topological polar surface area (TPSA) is 75.1 Å². The molecule has 1 aromatic heterocycles. The van der Waals surface area contributed by atoms with Crippen molar-refractivity contribution in [2.24, 2.45) is 5.11 Å². The maximum Gasteiger partial charge on any atom is 0.305 e. The van der Waals surface area contributed by atoms with E-state index >= 15 is 0 Å². The molecule has 6 heteroatoms. The molecule has 0 aliphatic rings. The number of ether oxygens (including phenoxy) is 1. The summed E-state index contributed by atoms with van der Waals surface area (Å²) in [6.07, 6.45) is 6.39. The van der Waals surface area contributed by atoms with E-state index in [2.05, 4.69) is 27.8 Å². The minimum Gasteiger partial charge on any atom is -0.469 e. The SMILES string of the molecule is CCCCCC(N=[N+]=[N-])c1ccc(CCCC(=O)OC)s1. The zero-order chi connectivity index (χ0) is 15.5. The van der Waals surface area contributed by atoms with Gasteiger partial charge in [0.2, 0.25) is 0 Å². The Bertz CT molecular complexity index is 481. The molecule has 1 unspecified atom stereocenters. The highest BCUT2D eigenvalue weighted by molar-refractivity contribution is 7.12. The molecule has 1 heterocycles. The summed E-state index contributed by atoms with van der Waals surface area (Å²) in [6.45, 7) is 2.16. The van der Waals surface area contributed by atoms with Gasteiger partial charge in [0, 0.05) is 21.1 Å². The molecule has 0 bridgehead atoms. The van der Waals surface area contributed by atoms with Gasteiger partial charge in [-0.2, -0.15) is 0 Å². The molecule has 1 atom stereocenters. The van der Waals surface area contributed by atoms with Crippen LogP contribution in [0.3, 0.4) is 0 Å². The number of esters is 1. The van der Waals surface area contributed by atoms with Crippen LogP contribution in [0.15, 0.2) is 17.2 Å². The molecule has 0 saturated heterocycles. The van der Waals surface area contributed by atoms with Crippen molar-refractivity contribution in [3.05, 3.63) is 32.3 Å². The minimum atomic E-state index is -0.168. The van der Waals surface area contributed by atoms with Crippen molar-refractivity contribution in [2.45, 2.75) is 57.9 Å². The van der Waals surface area contributed by atoms with Crippen LogP contribution in [0.1, 0.15) is 61.2 Å². The highest BCUT2D eigenvalue weighted by atomic mass is 32.1. The molecule has 116 valence electrons. The lowest BCUT2D eigenvalue weighted by Crippen LogP contribution is -1.99. The summed E-state index contributed by atoms with van der Waals surface area (Å²) in [5.41, 5.74) is 8.70. The summed E-state index contributed by atoms with van der Waals surface area (Å²) in [7, 11) is 1.41. The molecule has 0 saturated carbocycles. The highest BCUT2D eigenvalue weighted by Crippen LogP contribution is 2.31. The fourth-order valence-electron chi connectivity index (χ4n) is 2.12. The van der Waals surface area contributed by atoms with E-state index in [1.807, 2.05) is 6.07 Å². The molecule has 1 aromatic rings. The summed E-state index contributed by atoms with van der Waals surface area (Å²) in [6, 6.07) is 4.06. The third kappa shape index (κ3) is 6.65. The van der Waals surface area contributed by atoms with Crippen LogP contribution in [0.4, 0.5) is 0 Å². The van der Waals surface area contributed by atoms with E-state index in [0.29, 0.717) is 6.42 Å². The zero-order valence-corrected chi connectivity index (χ0v) is 13.6. The summed E-state index contributed by atoms with van der Waals surface area (Å²) in [5.74, 6) is -0.168. The van der Waals surface area contributed by atoms with Crippen molar-refractivity contribution in [3.63, 3.8) is 0 Å². The molecule has 0 radical (unpaired) electrons. The number of azide groups is 1. The average Bonchev–Trinajstić information content (AvgIpc) is 2.95. The monoisotopic (exact) mass is 309 g/mol. The lowest BCUT2D eigenvalue weighted by atomic mass is 10.1. The van der Waals surface area contributed by atoms with Crippen molar-refractivity contribution in [3.8, 4) is 0 Å². The Morgan fingerprint density at radius 1 is 1.43 bits per heavy atom. The van der Waals surface area contributed by atoms with Gasteiger partial charge in [0.15, 0.2) is 0 Å². The number of rotatable bonds is 10. The van der Waals surface area contributed by atoms with Crippen molar-refractivity contribution in [1.29, 1.82) is 0 Å². The number of hydrogen-bond acceptors (Lipinski definition) is 4. The second-order valence-electron chi connectivity index (χ2n) is 4.95. The van der Waals surface area contributed by atoms with Crippen molar-refractivity contribution < 1.29 is 9.53 Å². The van der Waals surface area contributed by atoms with E-state index in [9.17, 15) is 4.79 Å². The molecule has 0 N–H and O–H groups in total. The standard InChI is InChI=1S/C15H23N3O2S/c1-3-4-5-8-13(17-18-16)14-11-10-12(21-14)7-6-9-15(19)20-2/h10-11,13H,3-9H2,1-2H3. The van der Waals surface area contributed by atoms with Gasteiger partial charge in [-0.3, -0.25) is 4.79 Å². The summed E-state index contributed by atoms with van der Waals surface area (Å²) in [4.78, 5) is 16.4. The molecule has 0 amide bonds. The lowest BCUT2D eigenvalue weighted by Gasteiger charge is -2.08. The van der Waals surface area contributed by atoms with Gasteiger partial charge in [0.1, 0.15) is 0 Å². The molecule has 1 rings (SSSR count). The first-order valence-electron chi connectivity index (χ1n) is 7.40. The average molecular weight is 309 g/mol. The molecular formula is C15H23N3O2S. The third-order valence-electron chi connectivity index (χ3n) is 3.31. The molecule has 0 fully saturated rings. The van der Waals surface area contributed by atoms with Crippen LogP contribution >= 0.6 is 11.3 Å². The predicted octanol–water partition coefficient (Wildman–Crippen LogP) is 5.18.